The fourth-order valence-electron chi connectivity index (χ4n) is 3.19. The van der Waals surface area contributed by atoms with Crippen molar-refractivity contribution in [2.45, 2.75) is 0 Å². The molecule has 1 heterocycles. The van der Waals surface area contributed by atoms with Crippen molar-refractivity contribution in [2.75, 3.05) is 12.4 Å². The van der Waals surface area contributed by atoms with Gasteiger partial charge < -0.3 is 14.5 Å². The first-order valence-corrected chi connectivity index (χ1v) is 10.3. The van der Waals surface area contributed by atoms with Crippen molar-refractivity contribution in [1.82, 2.24) is 5.32 Å². The van der Waals surface area contributed by atoms with Gasteiger partial charge in [-0.05, 0) is 60.2 Å². The minimum atomic E-state index is -0.461. The summed E-state index contributed by atoms with van der Waals surface area (Å²) < 4.78 is 10.8. The maximum absolute atomic E-state index is 12.5. The molecule has 8 heteroatoms. The molecule has 0 radical (unpaired) electrons. The van der Waals surface area contributed by atoms with Gasteiger partial charge in [-0.3, -0.25) is 10.1 Å². The van der Waals surface area contributed by atoms with E-state index in [0.29, 0.717) is 38.7 Å². The molecule has 0 aliphatic rings. The molecule has 0 aliphatic heterocycles. The minimum Gasteiger partial charge on any atom is -0.495 e. The molecule has 4 rings (SSSR count). The molecule has 32 heavy (non-hydrogen) atoms. The van der Waals surface area contributed by atoms with E-state index in [2.05, 4.69) is 10.6 Å². The number of rotatable bonds is 4. The van der Waals surface area contributed by atoms with E-state index < -0.39 is 11.5 Å². The number of thiocarbonyl (C=S) groups is 1. The standard InChI is InChI=1S/C24H17ClN2O4S/c1-30-21-10-9-14(18-12-15-5-2-3-8-20(15)31-23(18)29)13-19(21)26-24(32)27-22(28)16-6-4-7-17(25)11-16/h2-13H,1H3,(H2,26,27,28,32). The van der Waals surface area contributed by atoms with Crippen molar-refractivity contribution in [3.8, 4) is 16.9 Å². The van der Waals surface area contributed by atoms with E-state index in [4.69, 9.17) is 33.0 Å². The number of para-hydroxylation sites is 1. The van der Waals surface area contributed by atoms with Gasteiger partial charge in [0.1, 0.15) is 11.3 Å². The molecule has 0 aliphatic carbocycles. The molecule has 1 aromatic heterocycles. The van der Waals surface area contributed by atoms with Crippen LogP contribution in [0.25, 0.3) is 22.1 Å². The first-order chi connectivity index (χ1) is 15.4. The van der Waals surface area contributed by atoms with Crippen molar-refractivity contribution in [3.05, 3.63) is 93.8 Å². The van der Waals surface area contributed by atoms with Crippen LogP contribution in [-0.2, 0) is 0 Å². The highest BCUT2D eigenvalue weighted by molar-refractivity contribution is 7.80. The van der Waals surface area contributed by atoms with Crippen molar-refractivity contribution < 1.29 is 13.9 Å². The second-order valence-corrected chi connectivity index (χ2v) is 7.66. The van der Waals surface area contributed by atoms with Crippen LogP contribution < -0.4 is 21.0 Å². The molecule has 4 aromatic rings. The van der Waals surface area contributed by atoms with Crippen LogP contribution in [0.5, 0.6) is 5.75 Å². The van der Waals surface area contributed by atoms with Gasteiger partial charge in [0, 0.05) is 16.0 Å². The Morgan fingerprint density at radius 3 is 2.62 bits per heavy atom. The Bertz CT molecular complexity index is 1400. The number of ether oxygens (including phenoxy) is 1. The Kier molecular flexibility index (Phi) is 6.20. The molecule has 0 atom stereocenters. The van der Waals surface area contributed by atoms with Crippen LogP contribution in [0.1, 0.15) is 10.4 Å². The molecule has 0 fully saturated rings. The molecule has 0 unspecified atom stereocenters. The Labute approximate surface area is 193 Å². The molecule has 0 spiro atoms. The summed E-state index contributed by atoms with van der Waals surface area (Å²) in [5.41, 5.74) is 1.90. The lowest BCUT2D eigenvalue weighted by molar-refractivity contribution is 0.0977. The molecule has 6 nitrogen and oxygen atoms in total. The quantitative estimate of drug-likeness (QED) is 0.317. The van der Waals surface area contributed by atoms with Gasteiger partial charge in [-0.2, -0.15) is 0 Å². The molecule has 0 saturated carbocycles. The molecule has 2 N–H and O–H groups in total. The molecular formula is C24H17ClN2O4S. The van der Waals surface area contributed by atoms with Gasteiger partial charge in [-0.15, -0.1) is 0 Å². The summed E-state index contributed by atoms with van der Waals surface area (Å²) in [7, 11) is 1.51. The van der Waals surface area contributed by atoms with E-state index in [9.17, 15) is 9.59 Å². The zero-order valence-corrected chi connectivity index (χ0v) is 18.4. The fourth-order valence-corrected chi connectivity index (χ4v) is 3.59. The number of methoxy groups -OCH3 is 1. The summed E-state index contributed by atoms with van der Waals surface area (Å²) >= 11 is 11.2. The normalized spacial score (nSPS) is 10.6. The van der Waals surface area contributed by atoms with Crippen LogP contribution in [-0.4, -0.2) is 18.1 Å². The van der Waals surface area contributed by atoms with Gasteiger partial charge in [0.2, 0.25) is 0 Å². The summed E-state index contributed by atoms with van der Waals surface area (Å²) in [6.45, 7) is 0. The van der Waals surface area contributed by atoms with E-state index >= 15 is 0 Å². The highest BCUT2D eigenvalue weighted by Gasteiger charge is 2.14. The summed E-state index contributed by atoms with van der Waals surface area (Å²) in [5, 5.41) is 6.87. The number of carbonyl (C=O) groups is 1. The predicted octanol–water partition coefficient (Wildman–Crippen LogP) is 5.25. The fraction of sp³-hybridized carbons (Fsp3) is 0.0417. The van der Waals surface area contributed by atoms with E-state index in [1.54, 1.807) is 60.7 Å². The van der Waals surface area contributed by atoms with Gasteiger partial charge in [0.15, 0.2) is 5.11 Å². The Morgan fingerprint density at radius 1 is 1.03 bits per heavy atom. The number of halogens is 1. The van der Waals surface area contributed by atoms with E-state index in [0.717, 1.165) is 5.39 Å². The molecule has 160 valence electrons. The lowest BCUT2D eigenvalue weighted by Crippen LogP contribution is -2.34. The monoisotopic (exact) mass is 464 g/mol. The third-order valence-corrected chi connectivity index (χ3v) is 5.15. The van der Waals surface area contributed by atoms with E-state index in [1.807, 2.05) is 12.1 Å². The molecule has 1 amide bonds. The van der Waals surface area contributed by atoms with E-state index in [1.165, 1.54) is 7.11 Å². The van der Waals surface area contributed by atoms with Crippen LogP contribution in [0, 0.1) is 0 Å². The van der Waals surface area contributed by atoms with Gasteiger partial charge in [0.25, 0.3) is 5.91 Å². The Morgan fingerprint density at radius 2 is 1.84 bits per heavy atom. The largest absolute Gasteiger partial charge is 0.495 e. The van der Waals surface area contributed by atoms with Gasteiger partial charge in [-0.25, -0.2) is 4.79 Å². The first-order valence-electron chi connectivity index (χ1n) is 9.54. The van der Waals surface area contributed by atoms with Crippen molar-refractivity contribution in [3.63, 3.8) is 0 Å². The number of amides is 1. The lowest BCUT2D eigenvalue weighted by atomic mass is 10.0. The Balaban J connectivity index is 1.61. The number of hydrogen-bond acceptors (Lipinski definition) is 5. The van der Waals surface area contributed by atoms with Crippen molar-refractivity contribution >= 4 is 51.5 Å². The van der Waals surface area contributed by atoms with Gasteiger partial charge >= 0.3 is 5.63 Å². The molecular weight excluding hydrogens is 448 g/mol. The highest BCUT2D eigenvalue weighted by Crippen LogP contribution is 2.30. The SMILES string of the molecule is COc1ccc(-c2cc3ccccc3oc2=O)cc1NC(=S)NC(=O)c1cccc(Cl)c1. The summed E-state index contributed by atoms with van der Waals surface area (Å²) in [4.78, 5) is 25.0. The summed E-state index contributed by atoms with van der Waals surface area (Å²) in [5.74, 6) is 0.0774. The number of hydrogen-bond donors (Lipinski definition) is 2. The number of benzene rings is 3. The highest BCUT2D eigenvalue weighted by atomic mass is 35.5. The second kappa shape index (κ2) is 9.21. The van der Waals surface area contributed by atoms with Crippen LogP contribution in [0.3, 0.4) is 0 Å². The number of carbonyl (C=O) groups excluding carboxylic acids is 1. The average molecular weight is 465 g/mol. The first kappa shape index (κ1) is 21.5. The molecule has 0 bridgehead atoms. The second-order valence-electron chi connectivity index (χ2n) is 6.82. The van der Waals surface area contributed by atoms with Crippen LogP contribution >= 0.6 is 23.8 Å². The topological polar surface area (TPSA) is 80.6 Å². The van der Waals surface area contributed by atoms with Gasteiger partial charge in [-0.1, -0.05) is 41.9 Å². The predicted molar refractivity (Wildman–Crippen MR) is 130 cm³/mol. The van der Waals surface area contributed by atoms with Crippen molar-refractivity contribution in [1.29, 1.82) is 0 Å². The summed E-state index contributed by atoms with van der Waals surface area (Å²) in [6.07, 6.45) is 0. The minimum absolute atomic E-state index is 0.0657. The zero-order chi connectivity index (χ0) is 22.7. The third-order valence-electron chi connectivity index (χ3n) is 4.71. The van der Waals surface area contributed by atoms with Crippen LogP contribution in [0.4, 0.5) is 5.69 Å². The number of fused-ring (bicyclic) bond motifs is 1. The Hall–Kier alpha value is -3.68. The summed E-state index contributed by atoms with van der Waals surface area (Å²) in [6, 6.07) is 20.7. The average Bonchev–Trinajstić information content (AvgIpc) is 2.78. The van der Waals surface area contributed by atoms with E-state index in [-0.39, 0.29) is 5.11 Å². The maximum atomic E-state index is 12.5. The number of nitrogens with one attached hydrogen (secondary N) is 2. The third kappa shape index (κ3) is 4.64. The van der Waals surface area contributed by atoms with Crippen molar-refractivity contribution in [2.24, 2.45) is 0 Å². The van der Waals surface area contributed by atoms with Gasteiger partial charge in [0.05, 0.1) is 18.4 Å². The molecule has 0 saturated heterocycles. The number of anilines is 1. The van der Waals surface area contributed by atoms with Crippen LogP contribution in [0.15, 0.2) is 82.0 Å². The molecule has 3 aromatic carbocycles. The zero-order valence-electron chi connectivity index (χ0n) is 16.8. The maximum Gasteiger partial charge on any atom is 0.344 e. The smallest absolute Gasteiger partial charge is 0.344 e. The lowest BCUT2D eigenvalue weighted by Gasteiger charge is -2.14. The van der Waals surface area contributed by atoms with Crippen LogP contribution in [0.2, 0.25) is 5.02 Å².